The molecule has 5 N–H and O–H groups in total. The quantitative estimate of drug-likeness (QED) is 0.368. The summed E-state index contributed by atoms with van der Waals surface area (Å²) < 4.78 is 5.07. The Bertz CT molecular complexity index is 1090. The molecule has 0 heterocycles. The molecule has 0 bridgehead atoms. The molecule has 3 aromatic rings. The van der Waals surface area contributed by atoms with Crippen LogP contribution in [-0.4, -0.2) is 41.7 Å². The van der Waals surface area contributed by atoms with Crippen LogP contribution in [0.15, 0.2) is 84.9 Å². The van der Waals surface area contributed by atoms with Crippen LogP contribution in [0.1, 0.15) is 11.1 Å². The van der Waals surface area contributed by atoms with E-state index in [0.29, 0.717) is 0 Å². The molecule has 176 valence electrons. The first-order valence-electron chi connectivity index (χ1n) is 10.8. The number of nitrogens with one attached hydrogen (secondary N) is 2. The predicted molar refractivity (Wildman–Crippen MR) is 127 cm³/mol. The van der Waals surface area contributed by atoms with Crippen molar-refractivity contribution in [1.29, 1.82) is 0 Å². The maximum Gasteiger partial charge on any atom is 0.408 e. The minimum Gasteiger partial charge on any atom is -0.445 e. The summed E-state index contributed by atoms with van der Waals surface area (Å²) >= 11 is 0. The number of hydrogen-bond donors (Lipinski definition) is 4. The van der Waals surface area contributed by atoms with Crippen molar-refractivity contribution in [2.75, 3.05) is 6.61 Å². The summed E-state index contributed by atoms with van der Waals surface area (Å²) in [7, 11) is 0. The van der Waals surface area contributed by atoms with Gasteiger partial charge in [-0.25, -0.2) is 4.79 Å². The van der Waals surface area contributed by atoms with Crippen molar-refractivity contribution in [1.82, 2.24) is 10.6 Å². The van der Waals surface area contributed by atoms with Gasteiger partial charge in [0.25, 0.3) is 0 Å². The zero-order valence-electron chi connectivity index (χ0n) is 18.5. The number of benzene rings is 3. The van der Waals surface area contributed by atoms with Crippen LogP contribution < -0.4 is 16.4 Å². The van der Waals surface area contributed by atoms with E-state index in [2.05, 4.69) is 10.6 Å². The highest BCUT2D eigenvalue weighted by atomic mass is 16.5. The van der Waals surface area contributed by atoms with Crippen LogP contribution >= 0.6 is 0 Å². The Morgan fingerprint density at radius 3 is 1.94 bits per heavy atom. The van der Waals surface area contributed by atoms with Gasteiger partial charge in [0, 0.05) is 6.42 Å². The molecule has 0 unspecified atom stereocenters. The molecule has 0 aliphatic rings. The SMILES string of the molecule is NC(=O)[C@H](Cc1ccc(-c2ccccc2)cc1)NC(=O)[C@H](CO)NC(=O)OCc1ccccc1. The molecule has 3 amide bonds. The number of rotatable bonds is 10. The van der Waals surface area contributed by atoms with Gasteiger partial charge < -0.3 is 26.2 Å². The lowest BCUT2D eigenvalue weighted by molar-refractivity contribution is -0.129. The lowest BCUT2D eigenvalue weighted by Crippen LogP contribution is -2.54. The molecule has 0 fully saturated rings. The number of carbonyl (C=O) groups excluding carboxylic acids is 3. The molecule has 0 aliphatic heterocycles. The van der Waals surface area contributed by atoms with E-state index >= 15 is 0 Å². The zero-order chi connectivity index (χ0) is 24.3. The van der Waals surface area contributed by atoms with Crippen molar-refractivity contribution in [3.8, 4) is 11.1 Å². The van der Waals surface area contributed by atoms with Gasteiger partial charge in [-0.1, -0.05) is 84.9 Å². The van der Waals surface area contributed by atoms with Crippen LogP contribution in [0.5, 0.6) is 0 Å². The second-order valence-corrected chi connectivity index (χ2v) is 7.67. The number of aliphatic hydroxyl groups excluding tert-OH is 1. The summed E-state index contributed by atoms with van der Waals surface area (Å²) in [6.45, 7) is -0.668. The molecule has 0 aromatic heterocycles. The summed E-state index contributed by atoms with van der Waals surface area (Å²) in [4.78, 5) is 36.6. The first-order chi connectivity index (χ1) is 16.5. The van der Waals surface area contributed by atoms with E-state index in [1.165, 1.54) is 0 Å². The summed E-state index contributed by atoms with van der Waals surface area (Å²) in [5, 5.41) is 14.4. The fraction of sp³-hybridized carbons (Fsp3) is 0.192. The van der Waals surface area contributed by atoms with E-state index in [1.807, 2.05) is 60.7 Å². The first-order valence-corrected chi connectivity index (χ1v) is 10.8. The predicted octanol–water partition coefficient (Wildman–Crippen LogP) is 2.15. The number of hydrogen-bond acceptors (Lipinski definition) is 5. The normalized spacial score (nSPS) is 12.3. The lowest BCUT2D eigenvalue weighted by atomic mass is 10.0. The molecule has 3 rings (SSSR count). The number of ether oxygens (including phenoxy) is 1. The van der Waals surface area contributed by atoms with E-state index in [9.17, 15) is 19.5 Å². The minimum atomic E-state index is -1.30. The Labute approximate surface area is 197 Å². The third-order valence-electron chi connectivity index (χ3n) is 5.16. The largest absolute Gasteiger partial charge is 0.445 e. The molecule has 0 aliphatic carbocycles. The molecular formula is C26H27N3O5. The molecule has 0 saturated carbocycles. The van der Waals surface area contributed by atoms with Gasteiger partial charge in [0.05, 0.1) is 6.61 Å². The van der Waals surface area contributed by atoms with Gasteiger partial charge in [-0.15, -0.1) is 0 Å². The van der Waals surface area contributed by atoms with Crippen molar-refractivity contribution >= 4 is 17.9 Å². The Balaban J connectivity index is 1.56. The molecule has 3 aromatic carbocycles. The zero-order valence-corrected chi connectivity index (χ0v) is 18.5. The molecule has 2 atom stereocenters. The number of amides is 3. The van der Waals surface area contributed by atoms with Crippen molar-refractivity contribution in [3.05, 3.63) is 96.1 Å². The Morgan fingerprint density at radius 1 is 0.765 bits per heavy atom. The van der Waals surface area contributed by atoms with E-state index < -0.39 is 36.6 Å². The second kappa shape index (κ2) is 12.2. The highest BCUT2D eigenvalue weighted by Gasteiger charge is 2.26. The van der Waals surface area contributed by atoms with Gasteiger partial charge in [0.15, 0.2) is 0 Å². The summed E-state index contributed by atoms with van der Waals surface area (Å²) in [5.74, 6) is -1.48. The van der Waals surface area contributed by atoms with E-state index in [-0.39, 0.29) is 13.0 Å². The standard InChI is InChI=1S/C26H27N3O5/c27-24(31)22(15-18-11-13-21(14-12-18)20-9-5-2-6-10-20)28-25(32)23(16-30)29-26(33)34-17-19-7-3-1-4-8-19/h1-14,22-23,30H,15-17H2,(H2,27,31)(H,28,32)(H,29,33)/t22-,23-/m0/s1. The van der Waals surface area contributed by atoms with Gasteiger partial charge >= 0.3 is 6.09 Å². The number of nitrogens with two attached hydrogens (primary N) is 1. The molecular weight excluding hydrogens is 434 g/mol. The van der Waals surface area contributed by atoms with Gasteiger partial charge in [-0.05, 0) is 22.3 Å². The van der Waals surface area contributed by atoms with Gasteiger partial charge in [-0.3, -0.25) is 9.59 Å². The minimum absolute atomic E-state index is 0.00925. The topological polar surface area (TPSA) is 131 Å². The molecule has 0 radical (unpaired) electrons. The van der Waals surface area contributed by atoms with Gasteiger partial charge in [-0.2, -0.15) is 0 Å². The molecule has 8 nitrogen and oxygen atoms in total. The Hall–Kier alpha value is -4.17. The lowest BCUT2D eigenvalue weighted by Gasteiger charge is -2.20. The van der Waals surface area contributed by atoms with Crippen LogP contribution in [0.3, 0.4) is 0 Å². The third kappa shape index (κ3) is 7.18. The Morgan fingerprint density at radius 2 is 1.35 bits per heavy atom. The van der Waals surface area contributed by atoms with Crippen LogP contribution in [0, 0.1) is 0 Å². The number of aliphatic hydroxyl groups is 1. The monoisotopic (exact) mass is 461 g/mol. The van der Waals surface area contributed by atoms with E-state index in [4.69, 9.17) is 10.5 Å². The number of carbonyl (C=O) groups is 3. The maximum atomic E-state index is 12.6. The smallest absolute Gasteiger partial charge is 0.408 e. The average molecular weight is 462 g/mol. The molecule has 34 heavy (non-hydrogen) atoms. The maximum absolute atomic E-state index is 12.6. The third-order valence-corrected chi connectivity index (χ3v) is 5.16. The van der Waals surface area contributed by atoms with Crippen LogP contribution in [-0.2, 0) is 27.4 Å². The summed E-state index contributed by atoms with van der Waals surface area (Å²) in [5.41, 5.74) is 9.12. The molecule has 8 heteroatoms. The Kier molecular flexibility index (Phi) is 8.76. The molecule has 0 saturated heterocycles. The van der Waals surface area contributed by atoms with Crippen LogP contribution in [0.25, 0.3) is 11.1 Å². The van der Waals surface area contributed by atoms with Crippen molar-refractivity contribution in [2.45, 2.75) is 25.1 Å². The first kappa shape index (κ1) is 24.5. The van der Waals surface area contributed by atoms with Crippen molar-refractivity contribution in [2.24, 2.45) is 5.73 Å². The van der Waals surface area contributed by atoms with Crippen molar-refractivity contribution < 1.29 is 24.2 Å². The molecule has 0 spiro atoms. The summed E-state index contributed by atoms with van der Waals surface area (Å²) in [6, 6.07) is 24.1. The van der Waals surface area contributed by atoms with E-state index in [0.717, 1.165) is 22.3 Å². The fourth-order valence-electron chi connectivity index (χ4n) is 3.30. The number of primary amides is 1. The van der Waals surface area contributed by atoms with E-state index in [1.54, 1.807) is 24.3 Å². The van der Waals surface area contributed by atoms with Crippen LogP contribution in [0.2, 0.25) is 0 Å². The van der Waals surface area contributed by atoms with Crippen molar-refractivity contribution in [3.63, 3.8) is 0 Å². The highest BCUT2D eigenvalue weighted by Crippen LogP contribution is 2.19. The summed E-state index contributed by atoms with van der Waals surface area (Å²) in [6.07, 6.45) is -0.711. The second-order valence-electron chi connectivity index (χ2n) is 7.67. The number of alkyl carbamates (subject to hydrolysis) is 1. The average Bonchev–Trinajstić information content (AvgIpc) is 2.87. The van der Waals surface area contributed by atoms with Crippen LogP contribution in [0.4, 0.5) is 4.79 Å². The van der Waals surface area contributed by atoms with Gasteiger partial charge in [0.2, 0.25) is 11.8 Å². The fourth-order valence-corrected chi connectivity index (χ4v) is 3.30. The van der Waals surface area contributed by atoms with Gasteiger partial charge in [0.1, 0.15) is 18.7 Å². The highest BCUT2D eigenvalue weighted by molar-refractivity contribution is 5.91.